The number of aromatic nitrogens is 2. The predicted molar refractivity (Wildman–Crippen MR) is 113 cm³/mol. The zero-order valence-corrected chi connectivity index (χ0v) is 18.2. The molecule has 2 aliphatic rings. The summed E-state index contributed by atoms with van der Waals surface area (Å²) in [5, 5.41) is 16.8. The highest BCUT2D eigenvalue weighted by atomic mass is 16.6. The molecule has 0 spiro atoms. The molecule has 3 rings (SSSR count). The van der Waals surface area contributed by atoms with Crippen LogP contribution in [0.1, 0.15) is 50.5 Å². The summed E-state index contributed by atoms with van der Waals surface area (Å²) in [5.74, 6) is 0.368. The van der Waals surface area contributed by atoms with Crippen LogP contribution in [0.15, 0.2) is 12.1 Å². The smallest absolute Gasteiger partial charge is 0.410 e. The number of rotatable bonds is 5. The number of aromatic carboxylic acids is 1. The van der Waals surface area contributed by atoms with Crippen molar-refractivity contribution in [2.24, 2.45) is 5.92 Å². The van der Waals surface area contributed by atoms with Crippen LogP contribution in [-0.2, 0) is 4.74 Å². The first-order chi connectivity index (χ1) is 14.2. The fourth-order valence-corrected chi connectivity index (χ4v) is 3.90. The summed E-state index contributed by atoms with van der Waals surface area (Å²) in [4.78, 5) is 29.5. The van der Waals surface area contributed by atoms with E-state index in [2.05, 4.69) is 20.0 Å². The van der Waals surface area contributed by atoms with Gasteiger partial charge in [0.15, 0.2) is 11.5 Å². The average molecular weight is 420 g/mol. The van der Waals surface area contributed by atoms with Gasteiger partial charge in [-0.3, -0.25) is 4.90 Å². The van der Waals surface area contributed by atoms with Gasteiger partial charge in [-0.25, -0.2) is 9.59 Å². The first kappa shape index (κ1) is 22.3. The van der Waals surface area contributed by atoms with Crippen LogP contribution in [0, 0.1) is 5.92 Å². The number of carboxylic acid groups (broad SMARTS) is 1. The van der Waals surface area contributed by atoms with Crippen molar-refractivity contribution in [2.45, 2.75) is 45.6 Å². The quantitative estimate of drug-likeness (QED) is 0.776. The van der Waals surface area contributed by atoms with Gasteiger partial charge in [-0.05, 0) is 64.6 Å². The summed E-state index contributed by atoms with van der Waals surface area (Å²) >= 11 is 0. The van der Waals surface area contributed by atoms with Gasteiger partial charge >= 0.3 is 12.1 Å². The molecule has 0 atom stereocenters. The third-order valence-corrected chi connectivity index (χ3v) is 5.69. The minimum absolute atomic E-state index is 0.0274. The van der Waals surface area contributed by atoms with Crippen LogP contribution in [0.25, 0.3) is 0 Å². The van der Waals surface area contributed by atoms with Crippen molar-refractivity contribution < 1.29 is 19.4 Å². The monoisotopic (exact) mass is 419 g/mol. The van der Waals surface area contributed by atoms with E-state index in [4.69, 9.17) is 9.84 Å². The highest BCUT2D eigenvalue weighted by Crippen LogP contribution is 2.24. The Hall–Kier alpha value is -2.42. The Balaban J connectivity index is 1.35. The predicted octanol–water partition coefficient (Wildman–Crippen LogP) is 2.33. The minimum atomic E-state index is -1.06. The summed E-state index contributed by atoms with van der Waals surface area (Å²) in [7, 11) is 0. The number of nitrogens with zero attached hydrogens (tertiary/aromatic N) is 5. The molecular formula is C21H33N5O4. The molecule has 0 saturated carbocycles. The number of anilines is 1. The lowest BCUT2D eigenvalue weighted by molar-refractivity contribution is 0.0140. The van der Waals surface area contributed by atoms with Gasteiger partial charge in [0.05, 0.1) is 0 Å². The zero-order valence-electron chi connectivity index (χ0n) is 18.2. The molecule has 0 radical (unpaired) electrons. The van der Waals surface area contributed by atoms with Gasteiger partial charge in [0.2, 0.25) is 0 Å². The molecule has 2 saturated heterocycles. The molecule has 1 amide bonds. The molecule has 30 heavy (non-hydrogen) atoms. The molecule has 3 heterocycles. The Labute approximate surface area is 178 Å². The van der Waals surface area contributed by atoms with Crippen LogP contribution in [-0.4, -0.2) is 88.6 Å². The number of carboxylic acids is 1. The maximum Gasteiger partial charge on any atom is 0.410 e. The maximum absolute atomic E-state index is 12.2. The fourth-order valence-electron chi connectivity index (χ4n) is 3.90. The summed E-state index contributed by atoms with van der Waals surface area (Å²) in [6.45, 7) is 11.8. The Morgan fingerprint density at radius 2 is 1.73 bits per heavy atom. The van der Waals surface area contributed by atoms with E-state index < -0.39 is 11.6 Å². The average Bonchev–Trinajstić information content (AvgIpc) is 2.72. The highest BCUT2D eigenvalue weighted by molar-refractivity contribution is 5.85. The third-order valence-electron chi connectivity index (χ3n) is 5.69. The van der Waals surface area contributed by atoms with Crippen molar-refractivity contribution >= 4 is 17.9 Å². The molecular weight excluding hydrogens is 386 g/mol. The van der Waals surface area contributed by atoms with E-state index >= 15 is 0 Å². The lowest BCUT2D eigenvalue weighted by Crippen LogP contribution is -2.50. The van der Waals surface area contributed by atoms with Crippen molar-refractivity contribution in [2.75, 3.05) is 50.7 Å². The molecule has 0 bridgehead atoms. The summed E-state index contributed by atoms with van der Waals surface area (Å²) < 4.78 is 5.46. The van der Waals surface area contributed by atoms with Crippen LogP contribution < -0.4 is 4.90 Å². The molecule has 2 fully saturated rings. The molecule has 1 aromatic heterocycles. The number of amides is 1. The SMILES string of the molecule is CC(C)(C)OC(=O)N1CCN(CCC2CCN(c3ccc(C(=O)O)nn3)CC2)CC1. The highest BCUT2D eigenvalue weighted by Gasteiger charge is 2.27. The third kappa shape index (κ3) is 6.29. The molecule has 0 unspecified atom stereocenters. The van der Waals surface area contributed by atoms with E-state index in [9.17, 15) is 9.59 Å². The topological polar surface area (TPSA) is 99.1 Å². The van der Waals surface area contributed by atoms with Gasteiger partial charge in [-0.15, -0.1) is 10.2 Å². The van der Waals surface area contributed by atoms with Gasteiger partial charge in [-0.1, -0.05) is 0 Å². The summed E-state index contributed by atoms with van der Waals surface area (Å²) in [5.41, 5.74) is -0.479. The molecule has 1 aromatic rings. The molecule has 0 aromatic carbocycles. The lowest BCUT2D eigenvalue weighted by atomic mass is 9.93. The number of carbonyl (C=O) groups excluding carboxylic acids is 1. The van der Waals surface area contributed by atoms with E-state index in [0.29, 0.717) is 5.92 Å². The second kappa shape index (κ2) is 9.59. The Morgan fingerprint density at radius 1 is 1.07 bits per heavy atom. The van der Waals surface area contributed by atoms with Crippen LogP contribution in [0.4, 0.5) is 10.6 Å². The maximum atomic E-state index is 12.2. The van der Waals surface area contributed by atoms with Crippen molar-refractivity contribution in [3.63, 3.8) is 0 Å². The molecule has 166 valence electrons. The normalized spacial score (nSPS) is 19.0. The molecule has 2 aliphatic heterocycles. The number of carbonyl (C=O) groups is 2. The van der Waals surface area contributed by atoms with Crippen molar-refractivity contribution in [3.8, 4) is 0 Å². The zero-order chi connectivity index (χ0) is 21.7. The number of ether oxygens (including phenoxy) is 1. The number of piperidine rings is 1. The summed E-state index contributed by atoms with van der Waals surface area (Å²) in [6.07, 6.45) is 3.14. The van der Waals surface area contributed by atoms with Crippen LogP contribution >= 0.6 is 0 Å². The second-order valence-electron chi connectivity index (χ2n) is 9.11. The van der Waals surface area contributed by atoms with Crippen LogP contribution in [0.2, 0.25) is 0 Å². The Morgan fingerprint density at radius 3 is 2.27 bits per heavy atom. The van der Waals surface area contributed by atoms with E-state index in [0.717, 1.165) is 70.9 Å². The van der Waals surface area contributed by atoms with E-state index in [1.165, 1.54) is 6.07 Å². The fraction of sp³-hybridized carbons (Fsp3) is 0.714. The van der Waals surface area contributed by atoms with E-state index in [-0.39, 0.29) is 11.8 Å². The molecule has 0 aliphatic carbocycles. The Kier molecular flexibility index (Phi) is 7.12. The molecule has 9 nitrogen and oxygen atoms in total. The largest absolute Gasteiger partial charge is 0.476 e. The number of hydrogen-bond acceptors (Lipinski definition) is 7. The number of piperazine rings is 1. The lowest BCUT2D eigenvalue weighted by Gasteiger charge is -2.37. The first-order valence-electron chi connectivity index (χ1n) is 10.7. The van der Waals surface area contributed by atoms with Crippen molar-refractivity contribution in [3.05, 3.63) is 17.8 Å². The van der Waals surface area contributed by atoms with Crippen molar-refractivity contribution in [1.29, 1.82) is 0 Å². The standard InChI is InChI=1S/C21H33N5O4/c1-21(2,3)30-20(29)26-14-12-24(13-15-26)9-6-16-7-10-25(11-8-16)18-5-4-17(19(27)28)22-23-18/h4-5,16H,6-15H2,1-3H3,(H,27,28). The molecule has 1 N–H and O–H groups in total. The molecule has 9 heteroatoms. The number of hydrogen-bond donors (Lipinski definition) is 1. The van der Waals surface area contributed by atoms with E-state index in [1.807, 2.05) is 20.8 Å². The first-order valence-corrected chi connectivity index (χ1v) is 10.7. The van der Waals surface area contributed by atoms with Crippen LogP contribution in [0.3, 0.4) is 0 Å². The second-order valence-corrected chi connectivity index (χ2v) is 9.11. The van der Waals surface area contributed by atoms with Gasteiger partial charge < -0.3 is 19.6 Å². The van der Waals surface area contributed by atoms with E-state index in [1.54, 1.807) is 11.0 Å². The Bertz CT molecular complexity index is 718. The minimum Gasteiger partial charge on any atom is -0.476 e. The van der Waals surface area contributed by atoms with Gasteiger partial charge in [0.1, 0.15) is 5.60 Å². The van der Waals surface area contributed by atoms with Crippen LogP contribution in [0.5, 0.6) is 0 Å². The van der Waals surface area contributed by atoms with Crippen molar-refractivity contribution in [1.82, 2.24) is 20.0 Å². The van der Waals surface area contributed by atoms with Gasteiger partial charge in [0, 0.05) is 39.3 Å². The van der Waals surface area contributed by atoms with Gasteiger partial charge in [-0.2, -0.15) is 0 Å². The van der Waals surface area contributed by atoms with Gasteiger partial charge in [0.25, 0.3) is 0 Å². The summed E-state index contributed by atoms with van der Waals surface area (Å²) in [6, 6.07) is 3.24.